The molecule has 1 saturated heterocycles. The molecule has 3 nitrogen and oxygen atoms in total. The molecule has 0 aromatic carbocycles. The van der Waals surface area contributed by atoms with Crippen LogP contribution >= 0.6 is 0 Å². The average molecular weight is 367 g/mol. The Labute approximate surface area is 161 Å². The van der Waals surface area contributed by atoms with Crippen LogP contribution in [0.4, 0.5) is 0 Å². The van der Waals surface area contributed by atoms with E-state index in [0.717, 1.165) is 19.3 Å². The molecule has 1 aliphatic rings. The van der Waals surface area contributed by atoms with Crippen LogP contribution in [0.15, 0.2) is 0 Å². The largest absolute Gasteiger partial charge is 0.393 e. The molecule has 0 N–H and O–H groups in total. The molecule has 0 saturated carbocycles. The van der Waals surface area contributed by atoms with Crippen molar-refractivity contribution in [3.63, 3.8) is 0 Å². The summed E-state index contributed by atoms with van der Waals surface area (Å²) in [6.45, 7) is 24.3. The third kappa shape index (κ3) is 6.39. The lowest BCUT2D eigenvalue weighted by molar-refractivity contribution is -0.154. The van der Waals surface area contributed by atoms with Crippen molar-refractivity contribution in [3.8, 4) is 0 Å². The van der Waals surface area contributed by atoms with Crippen LogP contribution in [-0.2, 0) is 14.3 Å². The Morgan fingerprint density at radius 2 is 1.35 bits per heavy atom. The van der Waals surface area contributed by atoms with Crippen LogP contribution < -0.4 is 0 Å². The predicted molar refractivity (Wildman–Crippen MR) is 108 cm³/mol. The summed E-state index contributed by atoms with van der Waals surface area (Å²) in [7, 11) is 0. The Bertz CT molecular complexity index is 523. The highest BCUT2D eigenvalue weighted by Crippen LogP contribution is 2.48. The normalized spacial score (nSPS) is 24.0. The number of ether oxygens (including phenoxy) is 1. The second kappa shape index (κ2) is 7.28. The van der Waals surface area contributed by atoms with Gasteiger partial charge in [-0.15, -0.1) is 0 Å². The van der Waals surface area contributed by atoms with Gasteiger partial charge in [0.15, 0.2) is 0 Å². The van der Waals surface area contributed by atoms with Crippen LogP contribution in [-0.4, -0.2) is 11.9 Å². The number of rotatable bonds is 5. The molecule has 1 rings (SSSR count). The maximum atomic E-state index is 12.5. The molecule has 0 aromatic heterocycles. The maximum absolute atomic E-state index is 12.5. The fraction of sp³-hybridized carbons (Fsp3) is 0.913. The highest BCUT2D eigenvalue weighted by molar-refractivity contribution is 5.96. The third-order valence-corrected chi connectivity index (χ3v) is 5.66. The fourth-order valence-corrected chi connectivity index (χ4v) is 4.95. The second-order valence-electron chi connectivity index (χ2n) is 12.6. The molecule has 1 aliphatic heterocycles. The van der Waals surface area contributed by atoms with E-state index in [9.17, 15) is 9.59 Å². The Morgan fingerprint density at radius 1 is 0.846 bits per heavy atom. The van der Waals surface area contributed by atoms with E-state index >= 15 is 0 Å². The SMILES string of the molecule is CC(C)(C)CC(C)(C)CC(CC1C(=O)OC(=O)C1C(C)(C)C)C(C)(C)C. The Balaban J connectivity index is 3.08. The number of hydrogen-bond donors (Lipinski definition) is 0. The number of carbonyl (C=O) groups excluding carboxylic acids is 2. The molecule has 0 aliphatic carbocycles. The van der Waals surface area contributed by atoms with Crippen molar-refractivity contribution < 1.29 is 14.3 Å². The summed E-state index contributed by atoms with van der Waals surface area (Å²) < 4.78 is 5.06. The monoisotopic (exact) mass is 366 g/mol. The number of cyclic esters (lactones) is 2. The summed E-state index contributed by atoms with van der Waals surface area (Å²) in [5.74, 6) is -0.970. The summed E-state index contributed by atoms with van der Waals surface area (Å²) in [6, 6.07) is 0. The van der Waals surface area contributed by atoms with E-state index < -0.39 is 0 Å². The lowest BCUT2D eigenvalue weighted by Gasteiger charge is -2.41. The molecule has 1 heterocycles. The van der Waals surface area contributed by atoms with Crippen molar-refractivity contribution in [2.75, 3.05) is 0 Å². The van der Waals surface area contributed by atoms with Gasteiger partial charge in [-0.25, -0.2) is 0 Å². The van der Waals surface area contributed by atoms with Gasteiger partial charge in [-0.1, -0.05) is 76.2 Å². The number of hydrogen-bond acceptors (Lipinski definition) is 3. The zero-order chi connectivity index (χ0) is 20.7. The van der Waals surface area contributed by atoms with Gasteiger partial charge in [-0.05, 0) is 46.8 Å². The molecule has 0 radical (unpaired) electrons. The van der Waals surface area contributed by atoms with Gasteiger partial charge in [0.25, 0.3) is 0 Å². The molecule has 26 heavy (non-hydrogen) atoms. The molecular formula is C23H42O3. The first-order chi connectivity index (χ1) is 11.3. The highest BCUT2D eigenvalue weighted by Gasteiger charge is 2.51. The molecule has 0 bridgehead atoms. The van der Waals surface area contributed by atoms with Crippen LogP contribution in [0, 0.1) is 39.4 Å². The maximum Gasteiger partial charge on any atom is 0.318 e. The van der Waals surface area contributed by atoms with Crippen LogP contribution in [0.5, 0.6) is 0 Å². The van der Waals surface area contributed by atoms with Crippen LogP contribution in [0.25, 0.3) is 0 Å². The van der Waals surface area contributed by atoms with Crippen LogP contribution in [0.1, 0.15) is 95.4 Å². The van der Waals surface area contributed by atoms with Gasteiger partial charge in [0.2, 0.25) is 0 Å². The van der Waals surface area contributed by atoms with E-state index in [0.29, 0.717) is 5.92 Å². The molecule has 0 amide bonds. The van der Waals surface area contributed by atoms with Crippen molar-refractivity contribution in [1.82, 2.24) is 0 Å². The molecule has 3 unspecified atom stereocenters. The summed E-state index contributed by atoms with van der Waals surface area (Å²) >= 11 is 0. The topological polar surface area (TPSA) is 43.4 Å². The van der Waals surface area contributed by atoms with Gasteiger partial charge in [-0.2, -0.15) is 0 Å². The highest BCUT2D eigenvalue weighted by atomic mass is 16.6. The van der Waals surface area contributed by atoms with E-state index in [1.54, 1.807) is 0 Å². The van der Waals surface area contributed by atoms with Gasteiger partial charge in [0, 0.05) is 0 Å². The quantitative estimate of drug-likeness (QED) is 0.426. The number of esters is 2. The zero-order valence-electron chi connectivity index (χ0n) is 19.1. The fourth-order valence-electron chi connectivity index (χ4n) is 4.95. The van der Waals surface area contributed by atoms with E-state index in [4.69, 9.17) is 4.74 Å². The molecule has 1 fully saturated rings. The minimum absolute atomic E-state index is 0.0729. The minimum Gasteiger partial charge on any atom is -0.393 e. The first kappa shape index (κ1) is 23.2. The van der Waals surface area contributed by atoms with Crippen LogP contribution in [0.2, 0.25) is 0 Å². The minimum atomic E-state index is -0.342. The average Bonchev–Trinajstić information content (AvgIpc) is 2.57. The lowest BCUT2D eigenvalue weighted by Crippen LogP contribution is -2.36. The standard InChI is InChI=1S/C23H42O3/c1-20(2,3)14-23(10,11)13-15(21(4,5)6)12-16-17(22(7,8)9)19(25)26-18(16)24/h15-17H,12-14H2,1-11H3. The second-order valence-corrected chi connectivity index (χ2v) is 12.6. The summed E-state index contributed by atoms with van der Waals surface area (Å²) in [5, 5.41) is 0. The molecule has 152 valence electrons. The van der Waals surface area contributed by atoms with Crippen molar-refractivity contribution in [2.45, 2.75) is 95.4 Å². The molecule has 0 aromatic rings. The van der Waals surface area contributed by atoms with Gasteiger partial charge in [0.05, 0.1) is 11.8 Å². The zero-order valence-corrected chi connectivity index (χ0v) is 19.1. The summed E-state index contributed by atoms with van der Waals surface area (Å²) in [4.78, 5) is 24.8. The van der Waals surface area contributed by atoms with Gasteiger partial charge in [0.1, 0.15) is 0 Å². The molecule has 3 atom stereocenters. The first-order valence-electron chi connectivity index (χ1n) is 10.1. The van der Waals surface area contributed by atoms with Gasteiger partial charge >= 0.3 is 11.9 Å². The predicted octanol–water partition coefficient (Wildman–Crippen LogP) is 6.25. The number of carbonyl (C=O) groups is 2. The van der Waals surface area contributed by atoms with Crippen molar-refractivity contribution >= 4 is 11.9 Å². The lowest BCUT2D eigenvalue weighted by atomic mass is 9.62. The van der Waals surface area contributed by atoms with E-state index in [2.05, 4.69) is 55.4 Å². The van der Waals surface area contributed by atoms with E-state index in [1.807, 2.05) is 20.8 Å². The Hall–Kier alpha value is -0.860. The van der Waals surface area contributed by atoms with Gasteiger partial charge < -0.3 is 4.74 Å². The summed E-state index contributed by atoms with van der Waals surface area (Å²) in [5.41, 5.74) is 0.253. The van der Waals surface area contributed by atoms with Gasteiger partial charge in [-0.3, -0.25) is 9.59 Å². The van der Waals surface area contributed by atoms with Crippen molar-refractivity contribution in [1.29, 1.82) is 0 Å². The first-order valence-corrected chi connectivity index (χ1v) is 10.1. The van der Waals surface area contributed by atoms with E-state index in [-0.39, 0.29) is 45.4 Å². The Kier molecular flexibility index (Phi) is 6.49. The summed E-state index contributed by atoms with van der Waals surface area (Å²) in [6.07, 6.45) is 2.90. The molecule has 0 spiro atoms. The molecular weight excluding hydrogens is 324 g/mol. The van der Waals surface area contributed by atoms with Crippen molar-refractivity contribution in [2.24, 2.45) is 39.4 Å². The smallest absolute Gasteiger partial charge is 0.318 e. The Morgan fingerprint density at radius 3 is 1.73 bits per heavy atom. The molecule has 3 heteroatoms. The third-order valence-electron chi connectivity index (χ3n) is 5.66. The van der Waals surface area contributed by atoms with E-state index in [1.165, 1.54) is 0 Å². The van der Waals surface area contributed by atoms with Crippen molar-refractivity contribution in [3.05, 3.63) is 0 Å². The van der Waals surface area contributed by atoms with Crippen LogP contribution in [0.3, 0.4) is 0 Å².